The Morgan fingerprint density at radius 2 is 2.05 bits per heavy atom. The third kappa shape index (κ3) is 3.95. The lowest BCUT2D eigenvalue weighted by molar-refractivity contribution is 0.285. The summed E-state index contributed by atoms with van der Waals surface area (Å²) >= 11 is 2.99. The quantitative estimate of drug-likeness (QED) is 0.872. The van der Waals surface area contributed by atoms with Crippen LogP contribution >= 0.6 is 23.1 Å². The van der Waals surface area contributed by atoms with Gasteiger partial charge in [-0.15, -0.1) is 11.3 Å². The van der Waals surface area contributed by atoms with Crippen LogP contribution in [0.5, 0.6) is 0 Å². The number of nitrogens with one attached hydrogen (secondary N) is 1. The molecule has 19 heavy (non-hydrogen) atoms. The second-order valence-corrected chi connectivity index (χ2v) is 8.96. The molecule has 1 fully saturated rings. The largest absolute Gasteiger partial charge is 0.391 e. The molecule has 1 aromatic rings. The van der Waals surface area contributed by atoms with E-state index >= 15 is 0 Å². The van der Waals surface area contributed by atoms with Crippen LogP contribution < -0.4 is 4.72 Å². The number of hydrogen-bond acceptors (Lipinski definition) is 5. The van der Waals surface area contributed by atoms with Crippen LogP contribution in [0, 0.1) is 0 Å². The van der Waals surface area contributed by atoms with Gasteiger partial charge in [-0.2, -0.15) is 11.8 Å². The first kappa shape index (κ1) is 15.3. The number of thiophene rings is 1. The zero-order valence-corrected chi connectivity index (χ0v) is 13.3. The van der Waals surface area contributed by atoms with Gasteiger partial charge in [0.15, 0.2) is 0 Å². The first-order valence-electron chi connectivity index (χ1n) is 6.30. The molecule has 0 saturated heterocycles. The fraction of sp³-hybridized carbons (Fsp3) is 0.667. The van der Waals surface area contributed by atoms with Crippen molar-refractivity contribution in [2.24, 2.45) is 0 Å². The van der Waals surface area contributed by atoms with E-state index in [2.05, 4.69) is 11.0 Å². The molecule has 2 rings (SSSR count). The topological polar surface area (TPSA) is 66.4 Å². The number of aliphatic hydroxyl groups excluding tert-OH is 1. The minimum atomic E-state index is -3.42. The summed E-state index contributed by atoms with van der Waals surface area (Å²) in [4.78, 5) is 0.673. The van der Waals surface area contributed by atoms with E-state index in [0.29, 0.717) is 14.3 Å². The molecule has 0 aliphatic heterocycles. The van der Waals surface area contributed by atoms with E-state index in [9.17, 15) is 8.42 Å². The number of thioether (sulfide) groups is 1. The SMILES string of the molecule is CSC1CCC(NS(=O)(=O)c2ccc(CO)s2)CC1. The van der Waals surface area contributed by atoms with Crippen LogP contribution in [0.3, 0.4) is 0 Å². The standard InChI is InChI=1S/C12H19NO3S3/c1-17-10-4-2-9(3-5-10)13-19(15,16)12-7-6-11(8-14)18-12/h6-7,9-10,13-14H,2-5,8H2,1H3. The van der Waals surface area contributed by atoms with E-state index in [1.807, 2.05) is 11.8 Å². The Kier molecular flexibility index (Phi) is 5.30. The maximum absolute atomic E-state index is 12.2. The molecule has 0 aromatic carbocycles. The first-order valence-corrected chi connectivity index (χ1v) is 9.88. The van der Waals surface area contributed by atoms with Crippen molar-refractivity contribution in [1.29, 1.82) is 0 Å². The molecule has 1 aliphatic rings. The average Bonchev–Trinajstić information content (AvgIpc) is 2.89. The Morgan fingerprint density at radius 3 is 2.58 bits per heavy atom. The molecule has 7 heteroatoms. The van der Waals surface area contributed by atoms with Gasteiger partial charge in [-0.3, -0.25) is 0 Å². The molecule has 0 spiro atoms. The third-order valence-corrected chi connectivity index (χ3v) is 7.61. The summed E-state index contributed by atoms with van der Waals surface area (Å²) < 4.78 is 27.5. The normalized spacial score (nSPS) is 24.5. The number of hydrogen-bond donors (Lipinski definition) is 2. The maximum Gasteiger partial charge on any atom is 0.250 e. The molecule has 0 unspecified atom stereocenters. The van der Waals surface area contributed by atoms with E-state index in [1.54, 1.807) is 12.1 Å². The molecular formula is C12H19NO3S3. The summed E-state index contributed by atoms with van der Waals surface area (Å²) in [6.45, 7) is -0.112. The second-order valence-electron chi connectivity index (χ2n) is 4.71. The van der Waals surface area contributed by atoms with Crippen LogP contribution in [0.25, 0.3) is 0 Å². The van der Waals surface area contributed by atoms with E-state index < -0.39 is 10.0 Å². The molecule has 0 radical (unpaired) electrons. The van der Waals surface area contributed by atoms with Crippen LogP contribution in [0.15, 0.2) is 16.3 Å². The lowest BCUT2D eigenvalue weighted by Crippen LogP contribution is -2.37. The lowest BCUT2D eigenvalue weighted by atomic mass is 9.96. The van der Waals surface area contributed by atoms with Crippen molar-refractivity contribution in [3.05, 3.63) is 17.0 Å². The molecule has 2 N–H and O–H groups in total. The van der Waals surface area contributed by atoms with Crippen molar-refractivity contribution < 1.29 is 13.5 Å². The second kappa shape index (κ2) is 6.58. The average molecular weight is 321 g/mol. The molecule has 108 valence electrons. The van der Waals surface area contributed by atoms with Gasteiger partial charge in [0.25, 0.3) is 0 Å². The highest BCUT2D eigenvalue weighted by atomic mass is 32.2. The van der Waals surface area contributed by atoms with Crippen LogP contribution in [0.2, 0.25) is 0 Å². The smallest absolute Gasteiger partial charge is 0.250 e. The van der Waals surface area contributed by atoms with Gasteiger partial charge in [-0.25, -0.2) is 13.1 Å². The van der Waals surface area contributed by atoms with E-state index in [0.717, 1.165) is 37.0 Å². The Hall–Kier alpha value is -0.0800. The highest BCUT2D eigenvalue weighted by molar-refractivity contribution is 7.99. The lowest BCUT2D eigenvalue weighted by Gasteiger charge is -2.27. The van der Waals surface area contributed by atoms with Crippen LogP contribution in [-0.4, -0.2) is 31.1 Å². The highest BCUT2D eigenvalue weighted by Crippen LogP contribution is 2.28. The van der Waals surface area contributed by atoms with Gasteiger partial charge < -0.3 is 5.11 Å². The summed E-state index contributed by atoms with van der Waals surface area (Å²) in [7, 11) is -3.42. The van der Waals surface area contributed by atoms with Gasteiger partial charge in [0, 0.05) is 16.2 Å². The number of sulfonamides is 1. The minimum Gasteiger partial charge on any atom is -0.391 e. The van der Waals surface area contributed by atoms with Crippen molar-refractivity contribution in [2.75, 3.05) is 6.26 Å². The number of aliphatic hydroxyl groups is 1. The highest BCUT2D eigenvalue weighted by Gasteiger charge is 2.26. The Bertz CT molecular complexity index is 504. The van der Waals surface area contributed by atoms with Crippen molar-refractivity contribution in [2.45, 2.75) is 47.8 Å². The predicted molar refractivity (Wildman–Crippen MR) is 80.1 cm³/mol. The molecule has 0 atom stereocenters. The van der Waals surface area contributed by atoms with Gasteiger partial charge >= 0.3 is 0 Å². The Labute approximate surface area is 122 Å². The third-order valence-electron chi connectivity index (χ3n) is 3.39. The predicted octanol–water partition coefficient (Wildman–Crippen LogP) is 2.19. The molecule has 1 aromatic heterocycles. The number of rotatable bonds is 5. The van der Waals surface area contributed by atoms with E-state index in [-0.39, 0.29) is 12.6 Å². The van der Waals surface area contributed by atoms with Crippen molar-refractivity contribution in [3.8, 4) is 0 Å². The molecule has 1 saturated carbocycles. The molecule has 4 nitrogen and oxygen atoms in total. The van der Waals surface area contributed by atoms with Gasteiger partial charge in [0.2, 0.25) is 10.0 Å². The van der Waals surface area contributed by atoms with Gasteiger partial charge in [-0.1, -0.05) is 0 Å². The molecule has 0 bridgehead atoms. The van der Waals surface area contributed by atoms with E-state index in [1.165, 1.54) is 0 Å². The maximum atomic E-state index is 12.2. The molecule has 0 amide bonds. The fourth-order valence-corrected chi connectivity index (χ4v) is 5.56. The van der Waals surface area contributed by atoms with Gasteiger partial charge in [-0.05, 0) is 44.1 Å². The van der Waals surface area contributed by atoms with Crippen LogP contribution in [-0.2, 0) is 16.6 Å². The first-order chi connectivity index (χ1) is 9.05. The summed E-state index contributed by atoms with van der Waals surface area (Å²) in [6.07, 6.45) is 6.06. The van der Waals surface area contributed by atoms with E-state index in [4.69, 9.17) is 5.11 Å². The van der Waals surface area contributed by atoms with Crippen molar-refractivity contribution in [3.63, 3.8) is 0 Å². The Balaban J connectivity index is 1.98. The van der Waals surface area contributed by atoms with Crippen molar-refractivity contribution in [1.82, 2.24) is 4.72 Å². The van der Waals surface area contributed by atoms with Crippen molar-refractivity contribution >= 4 is 33.1 Å². The molecule has 1 aliphatic carbocycles. The molecule has 1 heterocycles. The summed E-state index contributed by atoms with van der Waals surface area (Å²) in [6, 6.07) is 3.27. The minimum absolute atomic E-state index is 0.0491. The van der Waals surface area contributed by atoms with Gasteiger partial charge in [0.1, 0.15) is 4.21 Å². The Morgan fingerprint density at radius 1 is 1.37 bits per heavy atom. The van der Waals surface area contributed by atoms with Crippen LogP contribution in [0.4, 0.5) is 0 Å². The fourth-order valence-electron chi connectivity index (χ4n) is 2.28. The summed E-state index contributed by atoms with van der Waals surface area (Å²) in [5.74, 6) is 0. The zero-order valence-electron chi connectivity index (χ0n) is 10.8. The monoisotopic (exact) mass is 321 g/mol. The summed E-state index contributed by atoms with van der Waals surface area (Å²) in [5.41, 5.74) is 0. The summed E-state index contributed by atoms with van der Waals surface area (Å²) in [5, 5.41) is 9.66. The van der Waals surface area contributed by atoms with Crippen LogP contribution in [0.1, 0.15) is 30.6 Å². The molecular weight excluding hydrogens is 302 g/mol. The van der Waals surface area contributed by atoms with Gasteiger partial charge in [0.05, 0.1) is 6.61 Å². The zero-order chi connectivity index (χ0) is 13.9.